The molecule has 0 fully saturated rings. The highest BCUT2D eigenvalue weighted by molar-refractivity contribution is 14.1. The predicted octanol–water partition coefficient (Wildman–Crippen LogP) is 3.55. The van der Waals surface area contributed by atoms with Crippen molar-refractivity contribution in [3.05, 3.63) is 48.6 Å². The molecular formula is C17H15I2NO5. The van der Waals surface area contributed by atoms with E-state index in [1.54, 1.807) is 6.07 Å². The molecule has 0 amide bonds. The molecule has 0 aromatic heterocycles. The number of phenolic OH excluding ortho intramolecular Hbond substituents is 1. The van der Waals surface area contributed by atoms with Gasteiger partial charge >= 0.3 is 5.97 Å². The van der Waals surface area contributed by atoms with E-state index in [0.717, 1.165) is 12.7 Å². The number of Topliss-reactive ketones (excluding diaryl/α,β-unsaturated/α-hetero) is 1. The number of hydrogen-bond donors (Lipinski definition) is 3. The highest BCUT2D eigenvalue weighted by Crippen LogP contribution is 2.34. The van der Waals surface area contributed by atoms with Crippen molar-refractivity contribution in [1.82, 2.24) is 0 Å². The van der Waals surface area contributed by atoms with Gasteiger partial charge in [0.1, 0.15) is 17.5 Å². The van der Waals surface area contributed by atoms with Crippen molar-refractivity contribution in [3.8, 4) is 17.2 Å². The monoisotopic (exact) mass is 567 g/mol. The van der Waals surface area contributed by atoms with Crippen LogP contribution in [0, 0.1) is 7.14 Å². The summed E-state index contributed by atoms with van der Waals surface area (Å²) in [5, 5.41) is 18.6. The zero-order chi connectivity index (χ0) is 18.7. The van der Waals surface area contributed by atoms with E-state index in [9.17, 15) is 14.7 Å². The number of rotatable bonds is 6. The quantitative estimate of drug-likeness (QED) is 0.364. The summed E-state index contributed by atoms with van der Waals surface area (Å²) in [5.41, 5.74) is 6.56. The molecule has 0 radical (unpaired) electrons. The molecule has 6 nitrogen and oxygen atoms in total. The number of hydrogen-bond acceptors (Lipinski definition) is 5. The lowest BCUT2D eigenvalue weighted by atomic mass is 10.1. The van der Waals surface area contributed by atoms with Gasteiger partial charge in [-0.25, -0.2) is 0 Å². The van der Waals surface area contributed by atoms with E-state index in [1.165, 1.54) is 19.1 Å². The maximum absolute atomic E-state index is 11.5. The van der Waals surface area contributed by atoms with E-state index >= 15 is 0 Å². The third-order valence-corrected chi connectivity index (χ3v) is 5.00. The molecule has 0 saturated carbocycles. The second kappa shape index (κ2) is 8.32. The van der Waals surface area contributed by atoms with Gasteiger partial charge in [-0.3, -0.25) is 9.59 Å². The van der Waals surface area contributed by atoms with Crippen molar-refractivity contribution in [2.75, 3.05) is 0 Å². The zero-order valence-corrected chi connectivity index (χ0v) is 17.4. The van der Waals surface area contributed by atoms with Crippen LogP contribution in [0.2, 0.25) is 0 Å². The highest BCUT2D eigenvalue weighted by atomic mass is 127. The Morgan fingerprint density at radius 1 is 1.20 bits per heavy atom. The standard InChI is InChI=1S/C17H15I2NO5/c1-8(21)11-7-10(2-3-15(11)22)25-16-12(18)4-9(5-13(16)19)6-14(20)17(23)24/h2-5,7,14,22H,6,20H2,1H3,(H,23,24)/t14-/m0/s1. The van der Waals surface area contributed by atoms with Crippen LogP contribution in [0.4, 0.5) is 0 Å². The van der Waals surface area contributed by atoms with Gasteiger partial charge < -0.3 is 20.7 Å². The molecule has 132 valence electrons. The summed E-state index contributed by atoms with van der Waals surface area (Å²) in [6.07, 6.45) is 0.218. The Morgan fingerprint density at radius 2 is 1.80 bits per heavy atom. The summed E-state index contributed by atoms with van der Waals surface area (Å²) in [5.74, 6) is -0.387. The predicted molar refractivity (Wildman–Crippen MR) is 109 cm³/mol. The lowest BCUT2D eigenvalue weighted by Gasteiger charge is -2.14. The van der Waals surface area contributed by atoms with E-state index in [4.69, 9.17) is 15.6 Å². The molecule has 8 heteroatoms. The number of aliphatic carboxylic acids is 1. The first kappa shape index (κ1) is 19.9. The summed E-state index contributed by atoms with van der Waals surface area (Å²) in [6.45, 7) is 1.37. The van der Waals surface area contributed by atoms with Crippen molar-refractivity contribution in [2.24, 2.45) is 5.73 Å². The molecule has 2 rings (SSSR count). The Hall–Kier alpha value is -1.40. The Kier molecular flexibility index (Phi) is 6.63. The van der Waals surface area contributed by atoms with E-state index in [2.05, 4.69) is 45.2 Å². The summed E-state index contributed by atoms with van der Waals surface area (Å²) in [7, 11) is 0. The molecule has 1 atom stereocenters. The summed E-state index contributed by atoms with van der Waals surface area (Å²) >= 11 is 4.19. The average molecular weight is 567 g/mol. The summed E-state index contributed by atoms with van der Waals surface area (Å²) in [6, 6.07) is 7.13. The summed E-state index contributed by atoms with van der Waals surface area (Å²) < 4.78 is 7.44. The highest BCUT2D eigenvalue weighted by Gasteiger charge is 2.16. The van der Waals surface area contributed by atoms with Crippen LogP contribution in [0.5, 0.6) is 17.2 Å². The average Bonchev–Trinajstić information content (AvgIpc) is 2.52. The lowest BCUT2D eigenvalue weighted by molar-refractivity contribution is -0.138. The van der Waals surface area contributed by atoms with E-state index in [0.29, 0.717) is 11.5 Å². The number of benzene rings is 2. The van der Waals surface area contributed by atoms with Gasteiger partial charge in [0.15, 0.2) is 11.5 Å². The fourth-order valence-corrected chi connectivity index (χ4v) is 4.26. The normalized spacial score (nSPS) is 11.8. The molecule has 4 N–H and O–H groups in total. The van der Waals surface area contributed by atoms with Crippen LogP contribution in [0.15, 0.2) is 30.3 Å². The van der Waals surface area contributed by atoms with Crippen LogP contribution in [-0.2, 0) is 11.2 Å². The number of nitrogens with two attached hydrogens (primary N) is 1. The molecule has 2 aromatic carbocycles. The number of aromatic hydroxyl groups is 1. The topological polar surface area (TPSA) is 110 Å². The minimum absolute atomic E-state index is 0.0951. The second-order valence-electron chi connectivity index (χ2n) is 5.37. The molecule has 2 aromatic rings. The molecule has 25 heavy (non-hydrogen) atoms. The molecule has 0 saturated heterocycles. The molecule has 0 unspecified atom stereocenters. The second-order valence-corrected chi connectivity index (χ2v) is 7.70. The molecular weight excluding hydrogens is 552 g/mol. The van der Waals surface area contributed by atoms with Crippen molar-refractivity contribution in [3.63, 3.8) is 0 Å². The number of ether oxygens (including phenoxy) is 1. The number of carbonyl (C=O) groups is 2. The molecule has 0 heterocycles. The molecule has 0 aliphatic carbocycles. The maximum Gasteiger partial charge on any atom is 0.320 e. The number of carbonyl (C=O) groups excluding carboxylic acids is 1. The van der Waals surface area contributed by atoms with Crippen LogP contribution in [-0.4, -0.2) is 28.0 Å². The zero-order valence-electron chi connectivity index (χ0n) is 13.1. The van der Waals surface area contributed by atoms with Crippen LogP contribution in [0.1, 0.15) is 22.8 Å². The number of ketones is 1. The van der Waals surface area contributed by atoms with Crippen LogP contribution >= 0.6 is 45.2 Å². The van der Waals surface area contributed by atoms with Gasteiger partial charge in [0.25, 0.3) is 0 Å². The van der Waals surface area contributed by atoms with Gasteiger partial charge in [0.2, 0.25) is 0 Å². The fourth-order valence-electron chi connectivity index (χ4n) is 2.15. The number of phenols is 1. The summed E-state index contributed by atoms with van der Waals surface area (Å²) in [4.78, 5) is 22.4. The third kappa shape index (κ3) is 5.05. The minimum atomic E-state index is -1.05. The van der Waals surface area contributed by atoms with E-state index in [-0.39, 0.29) is 23.5 Å². The van der Waals surface area contributed by atoms with E-state index < -0.39 is 12.0 Å². The smallest absolute Gasteiger partial charge is 0.320 e. The van der Waals surface area contributed by atoms with Gasteiger partial charge in [0.05, 0.1) is 12.7 Å². The largest absolute Gasteiger partial charge is 0.507 e. The van der Waals surface area contributed by atoms with Crippen molar-refractivity contribution in [2.45, 2.75) is 19.4 Å². The third-order valence-electron chi connectivity index (χ3n) is 3.40. The van der Waals surface area contributed by atoms with Crippen LogP contribution in [0.25, 0.3) is 0 Å². The van der Waals surface area contributed by atoms with Crippen LogP contribution < -0.4 is 10.5 Å². The Bertz CT molecular complexity index is 815. The first-order valence-corrected chi connectivity index (χ1v) is 9.33. The molecule has 0 spiro atoms. The number of carboxylic acids is 1. The van der Waals surface area contributed by atoms with Gasteiger partial charge in [0, 0.05) is 0 Å². The number of carboxylic acid groups (broad SMARTS) is 1. The van der Waals surface area contributed by atoms with Crippen LogP contribution in [0.3, 0.4) is 0 Å². The van der Waals surface area contributed by atoms with Crippen molar-refractivity contribution in [1.29, 1.82) is 0 Å². The molecule has 0 aliphatic rings. The Labute approximate surface area is 171 Å². The molecule has 0 bridgehead atoms. The maximum atomic E-state index is 11.5. The van der Waals surface area contributed by atoms with Gasteiger partial charge in [-0.05, 0) is 94.4 Å². The first-order chi connectivity index (χ1) is 11.7. The Morgan fingerprint density at radius 3 is 2.32 bits per heavy atom. The molecule has 0 aliphatic heterocycles. The lowest BCUT2D eigenvalue weighted by Crippen LogP contribution is -2.32. The SMILES string of the molecule is CC(=O)c1cc(Oc2c(I)cc(C[C@H](N)C(=O)O)cc2I)ccc1O. The van der Waals surface area contributed by atoms with Crippen molar-refractivity contribution >= 4 is 56.9 Å². The van der Waals surface area contributed by atoms with Gasteiger partial charge in [-0.15, -0.1) is 0 Å². The minimum Gasteiger partial charge on any atom is -0.507 e. The van der Waals surface area contributed by atoms with Gasteiger partial charge in [-0.2, -0.15) is 0 Å². The van der Waals surface area contributed by atoms with Crippen molar-refractivity contribution < 1.29 is 24.5 Å². The fraction of sp³-hybridized carbons (Fsp3) is 0.176. The van der Waals surface area contributed by atoms with E-state index in [1.807, 2.05) is 12.1 Å². The van der Waals surface area contributed by atoms with Gasteiger partial charge in [-0.1, -0.05) is 0 Å². The Balaban J connectivity index is 2.30. The number of halogens is 2. The first-order valence-electron chi connectivity index (χ1n) is 7.17.